The van der Waals surface area contributed by atoms with E-state index in [4.69, 9.17) is 27.9 Å². The van der Waals surface area contributed by atoms with Crippen LogP contribution in [0.5, 0.6) is 5.75 Å². The largest absolute Gasteiger partial charge is 0.488 e. The normalized spacial score (nSPS) is 13.8. The summed E-state index contributed by atoms with van der Waals surface area (Å²) in [7, 11) is 0. The molecule has 2 rings (SSSR count). The van der Waals surface area contributed by atoms with Crippen LogP contribution in [0.1, 0.15) is 12.5 Å². The lowest BCUT2D eigenvalue weighted by Crippen LogP contribution is -2.30. The maximum absolute atomic E-state index is 13.8. The fourth-order valence-electron chi connectivity index (χ4n) is 1.93. The number of aliphatic hydroxyl groups is 1. The maximum atomic E-state index is 13.8. The molecule has 0 aliphatic heterocycles. The molecule has 2 unspecified atom stereocenters. The zero-order valence-electron chi connectivity index (χ0n) is 11.4. The molecule has 0 saturated carbocycles. The zero-order valence-corrected chi connectivity index (χ0v) is 12.9. The average molecular weight is 329 g/mol. The van der Waals surface area contributed by atoms with Gasteiger partial charge in [-0.25, -0.2) is 4.39 Å². The molecule has 21 heavy (non-hydrogen) atoms. The van der Waals surface area contributed by atoms with Gasteiger partial charge in [0, 0.05) is 11.4 Å². The minimum Gasteiger partial charge on any atom is -0.488 e. The van der Waals surface area contributed by atoms with Crippen LogP contribution in [0, 0.1) is 5.82 Å². The number of ether oxygens (including phenoxy) is 1. The molecule has 0 heterocycles. The van der Waals surface area contributed by atoms with Crippen molar-refractivity contribution in [3.8, 4) is 5.75 Å². The van der Waals surface area contributed by atoms with Crippen molar-refractivity contribution in [2.75, 3.05) is 0 Å². The highest BCUT2D eigenvalue weighted by Crippen LogP contribution is 2.22. The van der Waals surface area contributed by atoms with Gasteiger partial charge in [-0.2, -0.15) is 0 Å². The van der Waals surface area contributed by atoms with Crippen LogP contribution >= 0.6 is 23.2 Å². The zero-order chi connectivity index (χ0) is 15.4. The van der Waals surface area contributed by atoms with E-state index in [9.17, 15) is 9.50 Å². The van der Waals surface area contributed by atoms with E-state index in [1.165, 1.54) is 6.07 Å². The Balaban J connectivity index is 2.02. The Morgan fingerprint density at radius 3 is 2.62 bits per heavy atom. The van der Waals surface area contributed by atoms with Crippen LogP contribution in [0.2, 0.25) is 10.0 Å². The summed E-state index contributed by atoms with van der Waals surface area (Å²) in [4.78, 5) is 0. The Hall–Kier alpha value is -1.29. The lowest BCUT2D eigenvalue weighted by molar-refractivity contribution is 0.0473. The lowest BCUT2D eigenvalue weighted by atomic mass is 10.0. The number of hydrogen-bond donors (Lipinski definition) is 1. The predicted octanol–water partition coefficient (Wildman–Crippen LogP) is 4.50. The molecule has 0 aliphatic carbocycles. The van der Waals surface area contributed by atoms with Crippen molar-refractivity contribution < 1.29 is 14.2 Å². The van der Waals surface area contributed by atoms with Crippen LogP contribution in [0.15, 0.2) is 42.5 Å². The molecule has 1 N–H and O–H groups in total. The molecule has 2 aromatic carbocycles. The Labute approximate surface area is 133 Å². The maximum Gasteiger partial charge on any atom is 0.145 e. The van der Waals surface area contributed by atoms with Gasteiger partial charge in [-0.15, -0.1) is 0 Å². The molecule has 0 spiro atoms. The molecule has 0 fully saturated rings. The first-order valence-electron chi connectivity index (χ1n) is 6.50. The van der Waals surface area contributed by atoms with E-state index in [-0.39, 0.29) is 11.4 Å². The van der Waals surface area contributed by atoms with Crippen LogP contribution in [0.4, 0.5) is 4.39 Å². The summed E-state index contributed by atoms with van der Waals surface area (Å²) in [6, 6.07) is 11.6. The van der Waals surface area contributed by atoms with E-state index in [1.807, 2.05) is 0 Å². The van der Waals surface area contributed by atoms with E-state index in [2.05, 4.69) is 0 Å². The van der Waals surface area contributed by atoms with Gasteiger partial charge in [0.1, 0.15) is 17.7 Å². The molecule has 0 amide bonds. The molecule has 0 radical (unpaired) electrons. The first-order valence-corrected chi connectivity index (χ1v) is 7.26. The Bertz CT molecular complexity index is 619. The third kappa shape index (κ3) is 4.34. The Morgan fingerprint density at radius 2 is 1.90 bits per heavy atom. The third-order valence-corrected chi connectivity index (χ3v) is 3.65. The number of benzene rings is 2. The first-order chi connectivity index (χ1) is 9.97. The Kier molecular flexibility index (Phi) is 5.45. The van der Waals surface area contributed by atoms with Crippen molar-refractivity contribution in [3.05, 3.63) is 63.9 Å². The monoisotopic (exact) mass is 328 g/mol. The van der Waals surface area contributed by atoms with E-state index in [1.54, 1.807) is 43.3 Å². The number of halogens is 3. The van der Waals surface area contributed by atoms with Crippen molar-refractivity contribution in [1.82, 2.24) is 0 Å². The van der Waals surface area contributed by atoms with Gasteiger partial charge in [0.2, 0.25) is 0 Å². The van der Waals surface area contributed by atoms with Crippen LogP contribution < -0.4 is 4.74 Å². The van der Waals surface area contributed by atoms with Crippen LogP contribution in [-0.4, -0.2) is 17.3 Å². The van der Waals surface area contributed by atoms with Crippen LogP contribution in [0.3, 0.4) is 0 Å². The molecule has 2 nitrogen and oxygen atoms in total. The minimum absolute atomic E-state index is 0.0445. The van der Waals surface area contributed by atoms with Gasteiger partial charge in [0.25, 0.3) is 0 Å². The fourth-order valence-corrected chi connectivity index (χ4v) is 2.31. The van der Waals surface area contributed by atoms with Crippen molar-refractivity contribution >= 4 is 23.2 Å². The molecular weight excluding hydrogens is 314 g/mol. The van der Waals surface area contributed by atoms with Crippen molar-refractivity contribution in [1.29, 1.82) is 0 Å². The second-order valence-corrected chi connectivity index (χ2v) is 5.61. The van der Waals surface area contributed by atoms with Gasteiger partial charge in [0.05, 0.1) is 11.1 Å². The van der Waals surface area contributed by atoms with Crippen molar-refractivity contribution in [2.24, 2.45) is 0 Å². The summed E-state index contributed by atoms with van der Waals surface area (Å²) in [6.07, 6.45) is -1.26. The SMILES string of the molecule is CC(Oc1cccc(Cl)c1)C(O)Cc1cccc(Cl)c1F. The molecule has 0 bridgehead atoms. The van der Waals surface area contributed by atoms with E-state index in [0.717, 1.165) is 0 Å². The lowest BCUT2D eigenvalue weighted by Gasteiger charge is -2.21. The highest BCUT2D eigenvalue weighted by atomic mass is 35.5. The number of aliphatic hydroxyl groups excluding tert-OH is 1. The molecule has 0 saturated heterocycles. The smallest absolute Gasteiger partial charge is 0.145 e. The van der Waals surface area contributed by atoms with Crippen molar-refractivity contribution in [2.45, 2.75) is 25.6 Å². The Morgan fingerprint density at radius 1 is 1.19 bits per heavy atom. The molecule has 5 heteroatoms. The second kappa shape index (κ2) is 7.12. The van der Waals surface area contributed by atoms with E-state index < -0.39 is 18.0 Å². The molecule has 2 aromatic rings. The summed E-state index contributed by atoms with van der Waals surface area (Å²) in [5, 5.41) is 10.7. The number of rotatable bonds is 5. The summed E-state index contributed by atoms with van der Waals surface area (Å²) < 4.78 is 19.4. The highest BCUT2D eigenvalue weighted by molar-refractivity contribution is 6.31. The fraction of sp³-hybridized carbons (Fsp3) is 0.250. The topological polar surface area (TPSA) is 29.5 Å². The second-order valence-electron chi connectivity index (χ2n) is 4.76. The standard InChI is InChI=1S/C16H15Cl2FO2/c1-10(21-13-6-3-5-12(17)9-13)15(20)8-11-4-2-7-14(18)16(11)19/h2-7,9-10,15,20H,8H2,1H3. The number of hydrogen-bond acceptors (Lipinski definition) is 2. The molecule has 0 aliphatic rings. The van der Waals surface area contributed by atoms with Crippen LogP contribution in [-0.2, 0) is 6.42 Å². The third-order valence-electron chi connectivity index (χ3n) is 3.12. The molecular formula is C16H15Cl2FO2. The van der Waals surface area contributed by atoms with Crippen molar-refractivity contribution in [3.63, 3.8) is 0 Å². The summed E-state index contributed by atoms with van der Waals surface area (Å²) in [6.45, 7) is 1.72. The minimum atomic E-state index is -0.864. The quantitative estimate of drug-likeness (QED) is 0.875. The highest BCUT2D eigenvalue weighted by Gasteiger charge is 2.19. The molecule has 0 aromatic heterocycles. The predicted molar refractivity (Wildman–Crippen MR) is 82.7 cm³/mol. The first kappa shape index (κ1) is 16.1. The van der Waals surface area contributed by atoms with Gasteiger partial charge in [-0.3, -0.25) is 0 Å². The molecule has 112 valence electrons. The summed E-state index contributed by atoms with van der Waals surface area (Å²) >= 11 is 11.6. The van der Waals surface area contributed by atoms with Gasteiger partial charge < -0.3 is 9.84 Å². The average Bonchev–Trinajstić information content (AvgIpc) is 2.44. The van der Waals surface area contributed by atoms with Gasteiger partial charge in [-0.05, 0) is 36.8 Å². The van der Waals surface area contributed by atoms with E-state index in [0.29, 0.717) is 16.3 Å². The van der Waals surface area contributed by atoms with Gasteiger partial charge in [-0.1, -0.05) is 41.4 Å². The van der Waals surface area contributed by atoms with Gasteiger partial charge in [0.15, 0.2) is 0 Å². The summed E-state index contributed by atoms with van der Waals surface area (Å²) in [5.41, 5.74) is 0.358. The molecule has 2 atom stereocenters. The van der Waals surface area contributed by atoms with Crippen LogP contribution in [0.25, 0.3) is 0 Å². The summed E-state index contributed by atoms with van der Waals surface area (Å²) in [5.74, 6) is 0.0498. The van der Waals surface area contributed by atoms with E-state index >= 15 is 0 Å². The van der Waals surface area contributed by atoms with Gasteiger partial charge >= 0.3 is 0 Å².